The monoisotopic (exact) mass is 466 g/mol. The van der Waals surface area contributed by atoms with Gasteiger partial charge in [0.05, 0.1) is 23.7 Å². The van der Waals surface area contributed by atoms with E-state index in [0.717, 1.165) is 28.3 Å². The van der Waals surface area contributed by atoms with E-state index in [1.54, 1.807) is 43.5 Å². The molecule has 0 saturated heterocycles. The lowest BCUT2D eigenvalue weighted by molar-refractivity contribution is 0.415. The minimum Gasteiger partial charge on any atom is -0.497 e. The van der Waals surface area contributed by atoms with E-state index in [0.29, 0.717) is 11.4 Å². The molecule has 0 unspecified atom stereocenters. The highest BCUT2D eigenvalue weighted by Crippen LogP contribution is 2.51. The van der Waals surface area contributed by atoms with Crippen LogP contribution in [0.1, 0.15) is 29.5 Å². The Labute approximate surface area is 193 Å². The number of anilines is 2. The molecule has 7 heteroatoms. The lowest BCUT2D eigenvalue weighted by Crippen LogP contribution is -2.29. The molecule has 164 valence electrons. The Morgan fingerprint density at radius 1 is 1.03 bits per heavy atom. The van der Waals surface area contributed by atoms with E-state index in [4.69, 9.17) is 16.3 Å². The quantitative estimate of drug-likeness (QED) is 0.454. The van der Waals surface area contributed by atoms with Gasteiger partial charge in [-0.05, 0) is 59.9 Å². The number of methoxy groups -OCH3 is 1. The largest absolute Gasteiger partial charge is 0.497 e. The predicted molar refractivity (Wildman–Crippen MR) is 128 cm³/mol. The van der Waals surface area contributed by atoms with Gasteiger partial charge in [-0.1, -0.05) is 48.0 Å². The van der Waals surface area contributed by atoms with Crippen molar-refractivity contribution in [1.82, 2.24) is 0 Å². The van der Waals surface area contributed by atoms with Gasteiger partial charge < -0.3 is 10.1 Å². The molecule has 3 aromatic carbocycles. The summed E-state index contributed by atoms with van der Waals surface area (Å²) in [6, 6.07) is 20.1. The fourth-order valence-corrected chi connectivity index (χ4v) is 6.01. The van der Waals surface area contributed by atoms with Crippen LogP contribution in [-0.4, -0.2) is 15.5 Å². The number of halogens is 1. The fraction of sp³-hybridized carbons (Fsp3) is 0.200. The molecule has 1 heterocycles. The Kier molecular flexibility index (Phi) is 5.35. The van der Waals surface area contributed by atoms with Crippen molar-refractivity contribution < 1.29 is 13.2 Å². The summed E-state index contributed by atoms with van der Waals surface area (Å²) in [4.78, 5) is 0.233. The van der Waals surface area contributed by atoms with Crippen LogP contribution >= 0.6 is 11.6 Å². The van der Waals surface area contributed by atoms with E-state index < -0.39 is 10.0 Å². The summed E-state index contributed by atoms with van der Waals surface area (Å²) in [6.07, 6.45) is 5.26. The molecule has 0 bridgehead atoms. The third kappa shape index (κ3) is 3.74. The minimum absolute atomic E-state index is 0.0635. The van der Waals surface area contributed by atoms with Crippen LogP contribution in [-0.2, 0) is 10.0 Å². The van der Waals surface area contributed by atoms with Crippen LogP contribution < -0.4 is 14.8 Å². The van der Waals surface area contributed by atoms with Crippen LogP contribution in [0.3, 0.4) is 0 Å². The highest BCUT2D eigenvalue weighted by atomic mass is 35.5. The molecule has 1 aliphatic carbocycles. The zero-order chi connectivity index (χ0) is 22.3. The normalized spacial score (nSPS) is 21.4. The zero-order valence-corrected chi connectivity index (χ0v) is 19.0. The maximum atomic E-state index is 13.1. The third-order valence-electron chi connectivity index (χ3n) is 6.21. The second kappa shape index (κ2) is 8.19. The van der Waals surface area contributed by atoms with E-state index in [-0.39, 0.29) is 22.8 Å². The van der Waals surface area contributed by atoms with Gasteiger partial charge in [0.1, 0.15) is 5.75 Å². The van der Waals surface area contributed by atoms with Crippen molar-refractivity contribution in [2.75, 3.05) is 17.1 Å². The van der Waals surface area contributed by atoms with Gasteiger partial charge in [0.15, 0.2) is 0 Å². The number of benzene rings is 3. The number of rotatable bonds is 5. The number of hydrogen-bond acceptors (Lipinski definition) is 4. The molecule has 3 atom stereocenters. The molecule has 0 amide bonds. The van der Waals surface area contributed by atoms with Gasteiger partial charge in [-0.15, -0.1) is 0 Å². The van der Waals surface area contributed by atoms with Gasteiger partial charge in [0, 0.05) is 22.7 Å². The molecule has 1 aliphatic heterocycles. The lowest BCUT2D eigenvalue weighted by atomic mass is 9.77. The second-order valence-electron chi connectivity index (χ2n) is 8.08. The van der Waals surface area contributed by atoms with E-state index in [9.17, 15) is 8.42 Å². The van der Waals surface area contributed by atoms with Crippen LogP contribution in [0.2, 0.25) is 5.02 Å². The first-order chi connectivity index (χ1) is 15.5. The van der Waals surface area contributed by atoms with Gasteiger partial charge >= 0.3 is 0 Å². The summed E-state index contributed by atoms with van der Waals surface area (Å²) in [6.45, 7) is 0. The van der Waals surface area contributed by atoms with Crippen LogP contribution in [0.4, 0.5) is 11.4 Å². The molecule has 5 nitrogen and oxygen atoms in total. The first kappa shape index (κ1) is 20.9. The summed E-state index contributed by atoms with van der Waals surface area (Å²) in [5, 5.41) is 4.35. The fourth-order valence-electron chi connectivity index (χ4n) is 4.68. The molecule has 0 radical (unpaired) electrons. The second-order valence-corrected chi connectivity index (χ2v) is 10.2. The molecule has 2 N–H and O–H groups in total. The number of ether oxygens (including phenoxy) is 1. The molecule has 0 saturated carbocycles. The molecule has 32 heavy (non-hydrogen) atoms. The Morgan fingerprint density at radius 3 is 2.69 bits per heavy atom. The maximum Gasteiger partial charge on any atom is 0.261 e. The van der Waals surface area contributed by atoms with Crippen molar-refractivity contribution in [2.45, 2.75) is 23.3 Å². The smallest absolute Gasteiger partial charge is 0.261 e. The van der Waals surface area contributed by atoms with Crippen LogP contribution in [0.5, 0.6) is 5.75 Å². The first-order valence-corrected chi connectivity index (χ1v) is 12.3. The summed E-state index contributed by atoms with van der Waals surface area (Å²) in [7, 11) is -2.20. The standard InChI is InChI=1S/C25H23ClN2O3S/c1-31-17-7-4-6-16(14-17)28-32(29,30)18-12-13-24-22(15-18)19-9-5-10-20(19)25(27-24)21-8-2-3-11-23(21)26/h2-9,11-15,19-20,25,27-28H,10H2,1H3/t19-,20-,25+/m1/s1. The Balaban J connectivity index is 1.49. The summed E-state index contributed by atoms with van der Waals surface area (Å²) >= 11 is 6.50. The van der Waals surface area contributed by atoms with Gasteiger partial charge in [0.2, 0.25) is 0 Å². The predicted octanol–water partition coefficient (Wildman–Crippen LogP) is 5.98. The van der Waals surface area contributed by atoms with Crippen molar-refractivity contribution in [2.24, 2.45) is 5.92 Å². The lowest BCUT2D eigenvalue weighted by Gasteiger charge is -2.38. The maximum absolute atomic E-state index is 13.1. The molecular weight excluding hydrogens is 444 g/mol. The SMILES string of the molecule is COc1cccc(NS(=O)(=O)c2ccc3c(c2)[C@@H]2C=CC[C@H]2[C@@H](c2ccccc2Cl)N3)c1. The van der Waals surface area contributed by atoms with Crippen molar-refractivity contribution in [3.05, 3.63) is 95.0 Å². The van der Waals surface area contributed by atoms with Gasteiger partial charge in [-0.3, -0.25) is 4.72 Å². The van der Waals surface area contributed by atoms with Crippen LogP contribution in [0, 0.1) is 5.92 Å². The average molecular weight is 467 g/mol. The Morgan fingerprint density at radius 2 is 1.88 bits per heavy atom. The highest BCUT2D eigenvalue weighted by Gasteiger charge is 2.39. The van der Waals surface area contributed by atoms with Crippen molar-refractivity contribution >= 4 is 33.0 Å². The van der Waals surface area contributed by atoms with Crippen LogP contribution in [0.15, 0.2) is 83.8 Å². The summed E-state index contributed by atoms with van der Waals surface area (Å²) < 4.78 is 34.0. The number of hydrogen-bond donors (Lipinski definition) is 2. The Bertz CT molecular complexity index is 1310. The average Bonchev–Trinajstić information content (AvgIpc) is 3.29. The Hall–Kier alpha value is -2.96. The molecule has 5 rings (SSSR count). The molecule has 3 aromatic rings. The molecule has 0 fully saturated rings. The summed E-state index contributed by atoms with van der Waals surface area (Å²) in [5.74, 6) is 0.982. The molecule has 2 aliphatic rings. The van der Waals surface area contributed by atoms with E-state index >= 15 is 0 Å². The van der Waals surface area contributed by atoms with E-state index in [1.807, 2.05) is 24.3 Å². The number of fused-ring (bicyclic) bond motifs is 3. The molecular formula is C25H23ClN2O3S. The van der Waals surface area contributed by atoms with Gasteiger partial charge in [-0.2, -0.15) is 0 Å². The van der Waals surface area contributed by atoms with Crippen molar-refractivity contribution in [3.8, 4) is 5.75 Å². The highest BCUT2D eigenvalue weighted by molar-refractivity contribution is 7.92. The number of sulfonamides is 1. The zero-order valence-electron chi connectivity index (χ0n) is 17.5. The third-order valence-corrected chi connectivity index (χ3v) is 7.93. The van der Waals surface area contributed by atoms with Crippen molar-refractivity contribution in [3.63, 3.8) is 0 Å². The van der Waals surface area contributed by atoms with E-state index in [2.05, 4.69) is 28.3 Å². The minimum atomic E-state index is -3.75. The number of allylic oxidation sites excluding steroid dienone is 2. The topological polar surface area (TPSA) is 67.4 Å². The van der Waals surface area contributed by atoms with Gasteiger partial charge in [-0.25, -0.2) is 8.42 Å². The van der Waals surface area contributed by atoms with Gasteiger partial charge in [0.25, 0.3) is 10.0 Å². The molecule has 0 spiro atoms. The first-order valence-electron chi connectivity index (χ1n) is 10.4. The van der Waals surface area contributed by atoms with Crippen LogP contribution in [0.25, 0.3) is 0 Å². The summed E-state index contributed by atoms with van der Waals surface area (Å²) in [5.41, 5.74) is 3.44. The number of nitrogens with one attached hydrogen (secondary N) is 2. The molecule has 0 aromatic heterocycles. The van der Waals surface area contributed by atoms with E-state index in [1.165, 1.54) is 0 Å². The van der Waals surface area contributed by atoms with Crippen molar-refractivity contribution in [1.29, 1.82) is 0 Å².